The summed E-state index contributed by atoms with van der Waals surface area (Å²) in [7, 11) is 0. The molecule has 0 spiro atoms. The van der Waals surface area contributed by atoms with Crippen molar-refractivity contribution in [3.8, 4) is 0 Å². The Morgan fingerprint density at radius 2 is 2.11 bits per heavy atom. The second-order valence-electron chi connectivity index (χ2n) is 4.79. The number of rotatable bonds is 5. The summed E-state index contributed by atoms with van der Waals surface area (Å²) in [4.78, 5) is 4.29. The van der Waals surface area contributed by atoms with Gasteiger partial charge >= 0.3 is 0 Å². The van der Waals surface area contributed by atoms with Gasteiger partial charge in [-0.15, -0.1) is 24.0 Å². The molecule has 1 fully saturated rings. The van der Waals surface area contributed by atoms with Crippen molar-refractivity contribution >= 4 is 29.9 Å². The van der Waals surface area contributed by atoms with Gasteiger partial charge in [-0.3, -0.25) is 4.99 Å². The van der Waals surface area contributed by atoms with E-state index in [1.165, 1.54) is 25.3 Å². The lowest BCUT2D eigenvalue weighted by atomic mass is 9.86. The van der Waals surface area contributed by atoms with Crippen LogP contribution in [0.4, 0.5) is 4.39 Å². The van der Waals surface area contributed by atoms with Crippen LogP contribution in [0.3, 0.4) is 0 Å². The van der Waals surface area contributed by atoms with Crippen molar-refractivity contribution in [2.75, 3.05) is 13.1 Å². The Hall–Kier alpha value is -0.850. The Bertz CT molecular complexity index is 419. The molecule has 0 amide bonds. The van der Waals surface area contributed by atoms with Crippen LogP contribution >= 0.6 is 24.0 Å². The third-order valence-electron chi connectivity index (χ3n) is 3.40. The molecule has 106 valence electrons. The van der Waals surface area contributed by atoms with Crippen molar-refractivity contribution in [2.24, 2.45) is 16.6 Å². The fourth-order valence-corrected chi connectivity index (χ4v) is 1.99. The predicted octanol–water partition coefficient (Wildman–Crippen LogP) is 2.69. The highest BCUT2D eigenvalue weighted by Gasteiger charge is 2.16. The summed E-state index contributed by atoms with van der Waals surface area (Å²) >= 11 is 0. The van der Waals surface area contributed by atoms with Gasteiger partial charge in [0.15, 0.2) is 5.96 Å². The third kappa shape index (κ3) is 5.34. The summed E-state index contributed by atoms with van der Waals surface area (Å²) in [5.74, 6) is 1.03. The molecule has 1 aromatic carbocycles. The van der Waals surface area contributed by atoms with E-state index in [9.17, 15) is 4.39 Å². The fraction of sp³-hybridized carbons (Fsp3) is 0.500. The maximum atomic E-state index is 13.3. The Labute approximate surface area is 130 Å². The number of aliphatic imine (C=N–C) groups is 1. The average Bonchev–Trinajstić information content (AvgIpc) is 2.30. The summed E-state index contributed by atoms with van der Waals surface area (Å²) in [6.45, 7) is 1.43. The Kier molecular flexibility index (Phi) is 7.12. The van der Waals surface area contributed by atoms with Gasteiger partial charge < -0.3 is 11.1 Å². The molecule has 1 aliphatic rings. The summed E-state index contributed by atoms with van der Waals surface area (Å²) in [6, 6.07) is 6.80. The molecule has 3 N–H and O–H groups in total. The normalized spacial score (nSPS) is 15.5. The van der Waals surface area contributed by atoms with E-state index in [-0.39, 0.29) is 29.8 Å². The minimum absolute atomic E-state index is 0. The van der Waals surface area contributed by atoms with Crippen molar-refractivity contribution in [1.29, 1.82) is 0 Å². The molecule has 1 saturated carbocycles. The number of guanidine groups is 1. The van der Waals surface area contributed by atoms with E-state index in [0.717, 1.165) is 12.5 Å². The first-order valence-corrected chi connectivity index (χ1v) is 6.53. The van der Waals surface area contributed by atoms with Gasteiger partial charge in [0.1, 0.15) is 5.82 Å². The molecule has 0 radical (unpaired) electrons. The number of hydrogen-bond donors (Lipinski definition) is 2. The van der Waals surface area contributed by atoms with Crippen LogP contribution in [0.15, 0.2) is 29.3 Å². The standard InChI is InChI=1S/C14H20FN3.HI/c15-13-7-2-1-6-12(13)8-9-17-14(16)18-10-11-4-3-5-11;/h1-2,6-7,11H,3-5,8-10H2,(H3,16,17,18);1H. The molecule has 0 saturated heterocycles. The van der Waals surface area contributed by atoms with Gasteiger partial charge in [-0.2, -0.15) is 0 Å². The molecule has 1 aliphatic carbocycles. The van der Waals surface area contributed by atoms with Crippen LogP contribution in [0.25, 0.3) is 0 Å². The van der Waals surface area contributed by atoms with Crippen molar-refractivity contribution in [3.63, 3.8) is 0 Å². The van der Waals surface area contributed by atoms with Gasteiger partial charge in [0.05, 0.1) is 0 Å². The van der Waals surface area contributed by atoms with Gasteiger partial charge in [0.25, 0.3) is 0 Å². The molecule has 0 heterocycles. The zero-order valence-corrected chi connectivity index (χ0v) is 13.3. The second kappa shape index (κ2) is 8.35. The lowest BCUT2D eigenvalue weighted by molar-refractivity contribution is 0.326. The number of halogens is 2. The van der Waals surface area contributed by atoms with Crippen LogP contribution in [-0.4, -0.2) is 19.0 Å². The first kappa shape index (κ1) is 16.2. The summed E-state index contributed by atoms with van der Waals surface area (Å²) in [6.07, 6.45) is 4.48. The number of nitrogens with one attached hydrogen (secondary N) is 1. The van der Waals surface area contributed by atoms with Crippen LogP contribution in [0.2, 0.25) is 0 Å². The van der Waals surface area contributed by atoms with E-state index in [1.807, 2.05) is 6.07 Å². The minimum Gasteiger partial charge on any atom is -0.370 e. The number of benzene rings is 1. The van der Waals surface area contributed by atoms with Crippen LogP contribution in [0, 0.1) is 11.7 Å². The van der Waals surface area contributed by atoms with Crippen molar-refractivity contribution in [2.45, 2.75) is 25.7 Å². The number of nitrogens with two attached hydrogens (primary N) is 1. The Morgan fingerprint density at radius 3 is 2.74 bits per heavy atom. The predicted molar refractivity (Wildman–Crippen MR) is 87.4 cm³/mol. The maximum Gasteiger partial charge on any atom is 0.188 e. The van der Waals surface area contributed by atoms with Crippen LogP contribution in [-0.2, 0) is 6.42 Å². The van der Waals surface area contributed by atoms with Gasteiger partial charge in [-0.25, -0.2) is 4.39 Å². The molecule has 5 heteroatoms. The zero-order chi connectivity index (χ0) is 12.8. The highest BCUT2D eigenvalue weighted by Crippen LogP contribution is 2.26. The third-order valence-corrected chi connectivity index (χ3v) is 3.40. The largest absolute Gasteiger partial charge is 0.370 e. The van der Waals surface area contributed by atoms with E-state index in [2.05, 4.69) is 10.3 Å². The highest BCUT2D eigenvalue weighted by atomic mass is 127. The van der Waals surface area contributed by atoms with Crippen LogP contribution in [0.5, 0.6) is 0 Å². The van der Waals surface area contributed by atoms with Crippen molar-refractivity contribution < 1.29 is 4.39 Å². The molecule has 19 heavy (non-hydrogen) atoms. The van der Waals surface area contributed by atoms with Crippen molar-refractivity contribution in [3.05, 3.63) is 35.6 Å². The van der Waals surface area contributed by atoms with E-state index >= 15 is 0 Å². The van der Waals surface area contributed by atoms with Gasteiger partial charge in [-0.05, 0) is 36.8 Å². The smallest absolute Gasteiger partial charge is 0.188 e. The number of nitrogens with zero attached hydrogens (tertiary/aromatic N) is 1. The average molecular weight is 377 g/mol. The lowest BCUT2D eigenvalue weighted by Crippen LogP contribution is -2.34. The molecule has 3 nitrogen and oxygen atoms in total. The fourth-order valence-electron chi connectivity index (χ4n) is 1.99. The summed E-state index contributed by atoms with van der Waals surface area (Å²) < 4.78 is 13.3. The maximum absolute atomic E-state index is 13.3. The monoisotopic (exact) mass is 377 g/mol. The second-order valence-corrected chi connectivity index (χ2v) is 4.79. The molecule has 0 aromatic heterocycles. The molecular weight excluding hydrogens is 356 g/mol. The lowest BCUT2D eigenvalue weighted by Gasteiger charge is -2.23. The van der Waals surface area contributed by atoms with E-state index in [4.69, 9.17) is 5.73 Å². The molecule has 2 rings (SSSR count). The first-order chi connectivity index (χ1) is 8.75. The van der Waals surface area contributed by atoms with E-state index in [1.54, 1.807) is 12.1 Å². The number of hydrogen-bond acceptors (Lipinski definition) is 1. The molecule has 0 aliphatic heterocycles. The van der Waals surface area contributed by atoms with Gasteiger partial charge in [0.2, 0.25) is 0 Å². The molecule has 0 unspecified atom stereocenters. The SMILES string of the molecule is I.NC(=NCC1CCC1)NCCc1ccccc1F. The van der Waals surface area contributed by atoms with E-state index in [0.29, 0.717) is 24.5 Å². The summed E-state index contributed by atoms with van der Waals surface area (Å²) in [5.41, 5.74) is 6.45. The van der Waals surface area contributed by atoms with Crippen molar-refractivity contribution in [1.82, 2.24) is 5.32 Å². The molecule has 0 atom stereocenters. The van der Waals surface area contributed by atoms with Crippen LogP contribution in [0.1, 0.15) is 24.8 Å². The first-order valence-electron chi connectivity index (χ1n) is 6.53. The molecular formula is C14H21FIN3. The van der Waals surface area contributed by atoms with Gasteiger partial charge in [-0.1, -0.05) is 24.6 Å². The topological polar surface area (TPSA) is 50.4 Å². The molecule has 0 bridgehead atoms. The quantitative estimate of drug-likeness (QED) is 0.471. The minimum atomic E-state index is -0.163. The molecule has 1 aromatic rings. The van der Waals surface area contributed by atoms with Crippen LogP contribution < -0.4 is 11.1 Å². The van der Waals surface area contributed by atoms with E-state index < -0.39 is 0 Å². The Balaban J connectivity index is 0.00000180. The van der Waals surface area contributed by atoms with Gasteiger partial charge in [0, 0.05) is 13.1 Å². The summed E-state index contributed by atoms with van der Waals surface area (Å²) in [5, 5.41) is 3.02. The Morgan fingerprint density at radius 1 is 1.37 bits per heavy atom. The zero-order valence-electron chi connectivity index (χ0n) is 10.9. The highest BCUT2D eigenvalue weighted by molar-refractivity contribution is 14.0.